The zero-order valence-electron chi connectivity index (χ0n) is 16.8. The molecule has 2 fully saturated rings. The molecule has 1 saturated carbocycles. The highest BCUT2D eigenvalue weighted by Gasteiger charge is 2.44. The van der Waals surface area contributed by atoms with Gasteiger partial charge in [-0.3, -0.25) is 4.79 Å². The molecule has 6 heteroatoms. The monoisotopic (exact) mass is 413 g/mol. The van der Waals surface area contributed by atoms with Gasteiger partial charge in [0.1, 0.15) is 6.10 Å². The molecule has 0 aromatic heterocycles. The van der Waals surface area contributed by atoms with E-state index in [1.165, 1.54) is 0 Å². The van der Waals surface area contributed by atoms with E-state index in [4.69, 9.17) is 9.47 Å². The molecule has 2 aromatic carbocycles. The third-order valence-electron chi connectivity index (χ3n) is 6.06. The summed E-state index contributed by atoms with van der Waals surface area (Å²) in [4.78, 5) is 16.0. The van der Waals surface area contributed by atoms with Crippen molar-refractivity contribution in [2.45, 2.75) is 29.9 Å². The fourth-order valence-electron chi connectivity index (χ4n) is 4.48. The van der Waals surface area contributed by atoms with Gasteiger partial charge in [-0.15, -0.1) is 11.8 Å². The summed E-state index contributed by atoms with van der Waals surface area (Å²) in [5.41, 5.74) is 0.726. The first-order valence-electron chi connectivity index (χ1n) is 10.00. The van der Waals surface area contributed by atoms with E-state index >= 15 is 0 Å². The smallest absolute Gasteiger partial charge is 0.253 e. The number of thioether (sulfide) groups is 1. The zero-order valence-corrected chi connectivity index (χ0v) is 17.6. The Morgan fingerprint density at radius 2 is 1.69 bits per heavy atom. The number of carbonyl (C=O) groups excluding carboxylic acids is 1. The summed E-state index contributed by atoms with van der Waals surface area (Å²) in [7, 11) is 1.61. The molecule has 0 unspecified atom stereocenters. The highest BCUT2D eigenvalue weighted by atomic mass is 32.2. The zero-order chi connectivity index (χ0) is 20.4. The molecule has 0 spiro atoms. The highest BCUT2D eigenvalue weighted by Crippen LogP contribution is 2.39. The molecule has 0 radical (unpaired) electrons. The molecule has 5 nitrogen and oxygen atoms in total. The number of para-hydroxylation sites is 2. The fourth-order valence-corrected chi connectivity index (χ4v) is 4.89. The molecule has 4 rings (SSSR count). The van der Waals surface area contributed by atoms with Crippen LogP contribution >= 0.6 is 11.8 Å². The summed E-state index contributed by atoms with van der Waals surface area (Å²) >= 11 is 1.67. The average molecular weight is 414 g/mol. The van der Waals surface area contributed by atoms with Crippen LogP contribution in [0.3, 0.4) is 0 Å². The first-order chi connectivity index (χ1) is 14.1. The number of carbonyl (C=O) groups is 1. The van der Waals surface area contributed by atoms with Gasteiger partial charge < -0.3 is 19.5 Å². The maximum absolute atomic E-state index is 12.9. The summed E-state index contributed by atoms with van der Waals surface area (Å²) in [5.74, 6) is 2.05. The van der Waals surface area contributed by atoms with Gasteiger partial charge in [-0.1, -0.05) is 12.1 Å². The molecule has 29 heavy (non-hydrogen) atoms. The Morgan fingerprint density at radius 1 is 1.03 bits per heavy atom. The number of ether oxygens (including phenoxy) is 2. The van der Waals surface area contributed by atoms with Gasteiger partial charge in [-0.05, 0) is 67.3 Å². The van der Waals surface area contributed by atoms with Crippen LogP contribution in [0.15, 0.2) is 53.4 Å². The van der Waals surface area contributed by atoms with Crippen LogP contribution in [-0.2, 0) is 0 Å². The Kier molecular flexibility index (Phi) is 6.01. The van der Waals surface area contributed by atoms with E-state index in [-0.39, 0.29) is 12.0 Å². The van der Waals surface area contributed by atoms with Crippen LogP contribution in [0.1, 0.15) is 23.2 Å². The van der Waals surface area contributed by atoms with Crippen molar-refractivity contribution < 1.29 is 19.4 Å². The number of benzene rings is 2. The van der Waals surface area contributed by atoms with E-state index in [0.717, 1.165) is 16.9 Å². The summed E-state index contributed by atoms with van der Waals surface area (Å²) < 4.78 is 11.5. The molecule has 1 heterocycles. The maximum atomic E-state index is 12.9. The molecule has 4 atom stereocenters. The van der Waals surface area contributed by atoms with E-state index in [1.54, 1.807) is 18.9 Å². The molecular weight excluding hydrogens is 386 g/mol. The van der Waals surface area contributed by atoms with Crippen LogP contribution in [0.4, 0.5) is 0 Å². The normalized spacial score (nSPS) is 26.1. The van der Waals surface area contributed by atoms with Crippen molar-refractivity contribution in [1.82, 2.24) is 4.90 Å². The van der Waals surface area contributed by atoms with Crippen LogP contribution in [0.2, 0.25) is 0 Å². The highest BCUT2D eigenvalue weighted by molar-refractivity contribution is 7.98. The quantitative estimate of drug-likeness (QED) is 0.758. The third-order valence-corrected chi connectivity index (χ3v) is 6.80. The molecule has 1 N–H and O–H groups in total. The Bertz CT molecular complexity index is 856. The van der Waals surface area contributed by atoms with Crippen LogP contribution in [0, 0.1) is 11.8 Å². The lowest BCUT2D eigenvalue weighted by Gasteiger charge is -2.35. The van der Waals surface area contributed by atoms with Gasteiger partial charge >= 0.3 is 0 Å². The van der Waals surface area contributed by atoms with Crippen molar-refractivity contribution in [1.29, 1.82) is 0 Å². The molecule has 1 aliphatic carbocycles. The van der Waals surface area contributed by atoms with E-state index in [1.807, 2.05) is 59.7 Å². The fraction of sp³-hybridized carbons (Fsp3) is 0.435. The van der Waals surface area contributed by atoms with E-state index in [9.17, 15) is 9.90 Å². The maximum Gasteiger partial charge on any atom is 0.253 e. The summed E-state index contributed by atoms with van der Waals surface area (Å²) in [6.45, 7) is 1.42. The van der Waals surface area contributed by atoms with Crippen LogP contribution < -0.4 is 9.47 Å². The number of aliphatic hydroxyl groups excluding tert-OH is 1. The first-order valence-corrected chi connectivity index (χ1v) is 11.2. The molecule has 1 saturated heterocycles. The van der Waals surface area contributed by atoms with Gasteiger partial charge in [0.15, 0.2) is 11.5 Å². The van der Waals surface area contributed by atoms with Gasteiger partial charge in [0, 0.05) is 23.5 Å². The number of methoxy groups -OCH3 is 1. The predicted molar refractivity (Wildman–Crippen MR) is 114 cm³/mol. The van der Waals surface area contributed by atoms with E-state index < -0.39 is 6.10 Å². The summed E-state index contributed by atoms with van der Waals surface area (Å²) in [6, 6.07) is 15.3. The number of hydrogen-bond acceptors (Lipinski definition) is 5. The van der Waals surface area contributed by atoms with Crippen molar-refractivity contribution >= 4 is 17.7 Å². The van der Waals surface area contributed by atoms with Crippen molar-refractivity contribution in [2.75, 3.05) is 26.5 Å². The van der Waals surface area contributed by atoms with Crippen molar-refractivity contribution in [3.05, 3.63) is 54.1 Å². The number of rotatable bonds is 5. The van der Waals surface area contributed by atoms with Crippen LogP contribution in [-0.4, -0.2) is 54.6 Å². The number of amides is 1. The number of aliphatic hydroxyl groups is 1. The molecule has 2 aromatic rings. The molecule has 154 valence electrons. The average Bonchev–Trinajstić information content (AvgIpc) is 3.16. The van der Waals surface area contributed by atoms with Crippen molar-refractivity contribution in [3.63, 3.8) is 0 Å². The van der Waals surface area contributed by atoms with Gasteiger partial charge in [-0.25, -0.2) is 0 Å². The van der Waals surface area contributed by atoms with Crippen molar-refractivity contribution in [2.24, 2.45) is 11.8 Å². The van der Waals surface area contributed by atoms with Gasteiger partial charge in [0.05, 0.1) is 13.2 Å². The molecule has 1 amide bonds. The number of fused-ring (bicyclic) bond motifs is 1. The third kappa shape index (κ3) is 4.23. The Balaban J connectivity index is 1.42. The largest absolute Gasteiger partial charge is 0.493 e. The number of nitrogens with zero attached hydrogens (tertiary/aromatic N) is 1. The second-order valence-electron chi connectivity index (χ2n) is 7.80. The minimum atomic E-state index is -0.544. The second-order valence-corrected chi connectivity index (χ2v) is 8.68. The lowest BCUT2D eigenvalue weighted by Crippen LogP contribution is -2.42. The Labute approximate surface area is 176 Å². The van der Waals surface area contributed by atoms with Gasteiger partial charge in [0.2, 0.25) is 0 Å². The molecule has 2 aliphatic rings. The molecule has 1 aliphatic heterocycles. The minimum absolute atomic E-state index is 0.0729. The van der Waals surface area contributed by atoms with E-state index in [0.29, 0.717) is 42.8 Å². The summed E-state index contributed by atoms with van der Waals surface area (Å²) in [6.07, 6.45) is 2.58. The Hall–Kier alpha value is -2.18. The SMILES string of the molecule is COc1ccccc1O[C@@H]1C[C@@H]2CN(C(=O)c3ccc(SC)cc3)C[C@@H]2C[C@H]1O. The Morgan fingerprint density at radius 3 is 2.34 bits per heavy atom. The first kappa shape index (κ1) is 20.1. The summed E-state index contributed by atoms with van der Waals surface area (Å²) in [5, 5.41) is 10.7. The lowest BCUT2D eigenvalue weighted by molar-refractivity contribution is -0.0240. The predicted octanol–water partition coefficient (Wildman–Crippen LogP) is 3.71. The van der Waals surface area contributed by atoms with Crippen molar-refractivity contribution in [3.8, 4) is 11.5 Å². The lowest BCUT2D eigenvalue weighted by atomic mass is 9.78. The second kappa shape index (κ2) is 8.67. The van der Waals surface area contributed by atoms with Crippen LogP contribution in [0.25, 0.3) is 0 Å². The van der Waals surface area contributed by atoms with Gasteiger partial charge in [-0.2, -0.15) is 0 Å². The standard InChI is InChI=1S/C23H27NO4S/c1-27-20-5-3-4-6-21(20)28-22-12-17-14-24(13-16(17)11-19(22)25)23(26)15-7-9-18(29-2)10-8-15/h3-10,16-17,19,22,25H,11-14H2,1-2H3/t16-,17+,19+,22+/m0/s1. The van der Waals surface area contributed by atoms with Gasteiger partial charge in [0.25, 0.3) is 5.91 Å². The topological polar surface area (TPSA) is 59.0 Å². The number of likely N-dealkylation sites (tertiary alicyclic amines) is 1. The number of hydrogen-bond donors (Lipinski definition) is 1. The minimum Gasteiger partial charge on any atom is -0.493 e. The van der Waals surface area contributed by atoms with E-state index in [2.05, 4.69) is 0 Å². The molecule has 0 bridgehead atoms. The van der Waals surface area contributed by atoms with Crippen LogP contribution in [0.5, 0.6) is 11.5 Å². The molecular formula is C23H27NO4S.